The fourth-order valence-electron chi connectivity index (χ4n) is 2.70. The summed E-state index contributed by atoms with van der Waals surface area (Å²) in [6.45, 7) is 1.17. The number of amides is 1. The summed E-state index contributed by atoms with van der Waals surface area (Å²) < 4.78 is 5.51. The highest BCUT2D eigenvalue weighted by atomic mass is 35.5. The Morgan fingerprint density at radius 2 is 2.12 bits per heavy atom. The summed E-state index contributed by atoms with van der Waals surface area (Å²) in [4.78, 5) is 24.3. The smallest absolute Gasteiger partial charge is 0.284 e. The van der Waals surface area contributed by atoms with Gasteiger partial charge in [-0.25, -0.2) is 0 Å². The first-order valence-corrected chi connectivity index (χ1v) is 9.35. The summed E-state index contributed by atoms with van der Waals surface area (Å²) in [5.41, 5.74) is 0.363. The lowest BCUT2D eigenvalue weighted by molar-refractivity contribution is -0.387. The van der Waals surface area contributed by atoms with Crippen molar-refractivity contribution >= 4 is 35.0 Å². The highest BCUT2D eigenvalue weighted by Crippen LogP contribution is 2.40. The van der Waals surface area contributed by atoms with Gasteiger partial charge in [-0.3, -0.25) is 14.9 Å². The van der Waals surface area contributed by atoms with Crippen molar-refractivity contribution in [3.05, 3.63) is 63.2 Å². The molecule has 8 heteroatoms. The van der Waals surface area contributed by atoms with Crippen molar-refractivity contribution in [2.75, 3.05) is 13.2 Å². The van der Waals surface area contributed by atoms with Crippen LogP contribution < -0.4 is 5.32 Å². The maximum absolute atomic E-state index is 12.6. The second-order valence-corrected chi connectivity index (χ2v) is 7.25. The molecule has 1 saturated heterocycles. The van der Waals surface area contributed by atoms with E-state index < -0.39 is 4.92 Å². The number of nitrogens with one attached hydrogen (secondary N) is 1. The summed E-state index contributed by atoms with van der Waals surface area (Å²) >= 11 is 7.28. The van der Waals surface area contributed by atoms with Crippen LogP contribution in [0.15, 0.2) is 52.3 Å². The molecule has 1 N–H and O–H groups in total. The minimum absolute atomic E-state index is 0.0448. The Morgan fingerprint density at radius 1 is 1.31 bits per heavy atom. The molecule has 26 heavy (non-hydrogen) atoms. The summed E-state index contributed by atoms with van der Waals surface area (Å²) in [6.07, 6.45) is 1.98. The molecule has 3 rings (SSSR count). The Morgan fingerprint density at radius 3 is 2.85 bits per heavy atom. The molecule has 1 aliphatic rings. The van der Waals surface area contributed by atoms with Gasteiger partial charge >= 0.3 is 0 Å². The van der Waals surface area contributed by atoms with Crippen LogP contribution in [-0.2, 0) is 4.74 Å². The van der Waals surface area contributed by atoms with Crippen LogP contribution in [0.2, 0.25) is 5.02 Å². The van der Waals surface area contributed by atoms with Crippen molar-refractivity contribution in [3.63, 3.8) is 0 Å². The molecule has 0 bridgehead atoms. The molecule has 1 amide bonds. The molecule has 0 radical (unpaired) electrons. The molecule has 6 nitrogen and oxygen atoms in total. The van der Waals surface area contributed by atoms with Crippen molar-refractivity contribution in [1.82, 2.24) is 5.32 Å². The summed E-state index contributed by atoms with van der Waals surface area (Å²) in [5.74, 6) is -0.238. The fraction of sp³-hybridized carbons (Fsp3) is 0.278. The molecule has 1 atom stereocenters. The van der Waals surface area contributed by atoms with Crippen LogP contribution in [0.25, 0.3) is 0 Å². The number of nitro groups is 1. The van der Waals surface area contributed by atoms with Crippen LogP contribution in [0.4, 0.5) is 5.69 Å². The number of carbonyl (C=O) groups excluding carboxylic acids is 1. The van der Waals surface area contributed by atoms with Gasteiger partial charge in [-0.15, -0.1) is 0 Å². The van der Waals surface area contributed by atoms with Crippen molar-refractivity contribution in [1.29, 1.82) is 0 Å². The van der Waals surface area contributed by atoms with Gasteiger partial charge < -0.3 is 10.1 Å². The number of carbonyl (C=O) groups is 1. The van der Waals surface area contributed by atoms with Gasteiger partial charge in [0.2, 0.25) is 0 Å². The first-order chi connectivity index (χ1) is 12.6. The van der Waals surface area contributed by atoms with Crippen LogP contribution in [0.3, 0.4) is 0 Å². The largest absolute Gasteiger partial charge is 0.376 e. The highest BCUT2D eigenvalue weighted by Gasteiger charge is 2.22. The van der Waals surface area contributed by atoms with Gasteiger partial charge in [-0.2, -0.15) is 0 Å². The predicted molar refractivity (Wildman–Crippen MR) is 100.0 cm³/mol. The number of hydrogen-bond donors (Lipinski definition) is 1. The van der Waals surface area contributed by atoms with Crippen molar-refractivity contribution < 1.29 is 14.5 Å². The quantitative estimate of drug-likeness (QED) is 0.585. The maximum atomic E-state index is 12.6. The Hall–Kier alpha value is -2.09. The summed E-state index contributed by atoms with van der Waals surface area (Å²) in [5, 5.41) is 14.4. The van der Waals surface area contributed by atoms with Crippen molar-refractivity contribution in [2.45, 2.75) is 28.7 Å². The fourth-order valence-corrected chi connectivity index (χ4v) is 4.04. The van der Waals surface area contributed by atoms with Crippen LogP contribution >= 0.6 is 23.4 Å². The number of benzene rings is 2. The third-order valence-electron chi connectivity index (χ3n) is 4.00. The van der Waals surface area contributed by atoms with Gasteiger partial charge in [0.1, 0.15) is 4.90 Å². The molecule has 2 aromatic carbocycles. The Kier molecular flexibility index (Phi) is 6.13. The van der Waals surface area contributed by atoms with Crippen molar-refractivity contribution in [3.8, 4) is 0 Å². The number of ether oxygens (including phenoxy) is 1. The van der Waals surface area contributed by atoms with E-state index in [9.17, 15) is 14.9 Å². The third kappa shape index (κ3) is 4.35. The maximum Gasteiger partial charge on any atom is 0.284 e. The molecule has 0 aliphatic carbocycles. The lowest BCUT2D eigenvalue weighted by Gasteiger charge is -2.13. The van der Waals surface area contributed by atoms with Crippen LogP contribution in [0, 0.1) is 10.1 Å². The minimum Gasteiger partial charge on any atom is -0.376 e. The van der Waals surface area contributed by atoms with Gasteiger partial charge in [-0.05, 0) is 31.0 Å². The number of nitro benzene ring substituents is 1. The van der Waals surface area contributed by atoms with E-state index in [1.807, 2.05) is 0 Å². The summed E-state index contributed by atoms with van der Waals surface area (Å²) in [6, 6.07) is 11.5. The molecule has 0 unspecified atom stereocenters. The van der Waals surface area contributed by atoms with Gasteiger partial charge in [0.15, 0.2) is 0 Å². The van der Waals surface area contributed by atoms with E-state index in [2.05, 4.69) is 5.32 Å². The molecular weight excluding hydrogens is 376 g/mol. The number of halogens is 1. The van der Waals surface area contributed by atoms with E-state index in [0.717, 1.165) is 31.2 Å². The van der Waals surface area contributed by atoms with Crippen molar-refractivity contribution in [2.24, 2.45) is 0 Å². The first kappa shape index (κ1) is 18.7. The monoisotopic (exact) mass is 392 g/mol. The SMILES string of the molecule is O=C(NC[C@H]1CCCO1)c1ccccc1Sc1c(Cl)cccc1[N+](=O)[O-]. The molecule has 2 aromatic rings. The van der Waals surface area contributed by atoms with E-state index in [0.29, 0.717) is 21.9 Å². The lowest BCUT2D eigenvalue weighted by atomic mass is 10.2. The second-order valence-electron chi connectivity index (χ2n) is 5.79. The molecule has 0 saturated carbocycles. The predicted octanol–water partition coefficient (Wildman–Crippen LogP) is 4.31. The highest BCUT2D eigenvalue weighted by molar-refractivity contribution is 7.99. The molecule has 0 spiro atoms. The Balaban J connectivity index is 1.81. The van der Waals surface area contributed by atoms with Crippen LogP contribution in [0.5, 0.6) is 0 Å². The number of hydrogen-bond acceptors (Lipinski definition) is 5. The molecule has 1 fully saturated rings. The zero-order valence-corrected chi connectivity index (χ0v) is 15.4. The molecule has 0 aromatic heterocycles. The van der Waals surface area contributed by atoms with E-state index in [1.165, 1.54) is 12.1 Å². The molecular formula is C18H17ClN2O4S. The topological polar surface area (TPSA) is 81.5 Å². The average molecular weight is 393 g/mol. The Bertz CT molecular complexity index is 825. The zero-order chi connectivity index (χ0) is 18.5. The second kappa shape index (κ2) is 8.53. The number of nitrogens with zero attached hydrogens (tertiary/aromatic N) is 1. The standard InChI is InChI=1S/C18H17ClN2O4S/c19-14-7-3-8-15(21(23)24)17(14)26-16-9-2-1-6-13(16)18(22)20-11-12-5-4-10-25-12/h1-3,6-9,12H,4-5,10-11H2,(H,20,22)/t12-/m1/s1. The molecule has 136 valence electrons. The molecule has 1 heterocycles. The minimum atomic E-state index is -0.478. The first-order valence-electron chi connectivity index (χ1n) is 8.16. The Labute approximate surface area is 160 Å². The van der Waals surface area contributed by atoms with E-state index in [4.69, 9.17) is 16.3 Å². The average Bonchev–Trinajstić information content (AvgIpc) is 3.15. The van der Waals surface area contributed by atoms with E-state index in [-0.39, 0.29) is 22.7 Å². The van der Waals surface area contributed by atoms with Crippen LogP contribution in [0.1, 0.15) is 23.2 Å². The summed E-state index contributed by atoms with van der Waals surface area (Å²) in [7, 11) is 0. The van der Waals surface area contributed by atoms with Gasteiger partial charge in [0.05, 0.1) is 21.6 Å². The normalized spacial score (nSPS) is 16.4. The van der Waals surface area contributed by atoms with Crippen LogP contribution in [-0.4, -0.2) is 30.1 Å². The number of rotatable bonds is 6. The van der Waals surface area contributed by atoms with Gasteiger partial charge in [0, 0.05) is 24.1 Å². The third-order valence-corrected chi connectivity index (χ3v) is 5.64. The van der Waals surface area contributed by atoms with E-state index in [1.54, 1.807) is 30.3 Å². The lowest BCUT2D eigenvalue weighted by Crippen LogP contribution is -2.32. The zero-order valence-electron chi connectivity index (χ0n) is 13.8. The van der Waals surface area contributed by atoms with E-state index >= 15 is 0 Å². The molecule has 1 aliphatic heterocycles. The van der Waals surface area contributed by atoms with Gasteiger partial charge in [0.25, 0.3) is 11.6 Å². The van der Waals surface area contributed by atoms with Gasteiger partial charge in [-0.1, -0.05) is 41.6 Å².